The molecular weight excluding hydrogens is 297 g/mol. The number of halogens is 2. The van der Waals surface area contributed by atoms with Gasteiger partial charge in [-0.3, -0.25) is 0 Å². The minimum atomic E-state index is -0.341. The van der Waals surface area contributed by atoms with Crippen molar-refractivity contribution in [3.63, 3.8) is 0 Å². The lowest BCUT2D eigenvalue weighted by Gasteiger charge is -2.10. The standard InChI is InChI=1S/C14H13BrFNO/c1-9-3-2-4-13(14(9)16)18-12-6-10(8-17)5-11(15)7-12/h2-7H,8,17H2,1H3. The van der Waals surface area contributed by atoms with Crippen molar-refractivity contribution < 1.29 is 9.13 Å². The average molecular weight is 310 g/mol. The average Bonchev–Trinajstić information content (AvgIpc) is 2.34. The molecule has 2 rings (SSSR count). The van der Waals surface area contributed by atoms with Crippen molar-refractivity contribution in [2.45, 2.75) is 13.5 Å². The van der Waals surface area contributed by atoms with Gasteiger partial charge in [-0.05, 0) is 42.3 Å². The predicted octanol–water partition coefficient (Wildman–Crippen LogP) is 4.15. The summed E-state index contributed by atoms with van der Waals surface area (Å²) in [7, 11) is 0. The van der Waals surface area contributed by atoms with E-state index in [9.17, 15) is 4.39 Å². The van der Waals surface area contributed by atoms with Gasteiger partial charge in [0.15, 0.2) is 11.6 Å². The quantitative estimate of drug-likeness (QED) is 0.924. The molecule has 0 bridgehead atoms. The van der Waals surface area contributed by atoms with Crippen molar-refractivity contribution in [3.8, 4) is 11.5 Å². The summed E-state index contributed by atoms with van der Waals surface area (Å²) in [6.07, 6.45) is 0. The Morgan fingerprint density at radius 1 is 1.28 bits per heavy atom. The van der Waals surface area contributed by atoms with E-state index in [1.54, 1.807) is 37.3 Å². The number of hydrogen-bond acceptors (Lipinski definition) is 2. The Morgan fingerprint density at radius 3 is 2.78 bits per heavy atom. The van der Waals surface area contributed by atoms with E-state index in [4.69, 9.17) is 10.5 Å². The SMILES string of the molecule is Cc1cccc(Oc2cc(Br)cc(CN)c2)c1F. The van der Waals surface area contributed by atoms with Crippen molar-refractivity contribution in [1.82, 2.24) is 0 Å². The van der Waals surface area contributed by atoms with Gasteiger partial charge < -0.3 is 10.5 Å². The second kappa shape index (κ2) is 5.50. The van der Waals surface area contributed by atoms with Gasteiger partial charge in [-0.1, -0.05) is 28.1 Å². The van der Waals surface area contributed by atoms with E-state index in [-0.39, 0.29) is 11.6 Å². The largest absolute Gasteiger partial charge is 0.454 e. The molecule has 0 radical (unpaired) electrons. The Balaban J connectivity index is 2.34. The molecule has 0 amide bonds. The Labute approximate surface area is 114 Å². The molecule has 0 unspecified atom stereocenters. The molecule has 2 N–H and O–H groups in total. The summed E-state index contributed by atoms with van der Waals surface area (Å²) in [6.45, 7) is 2.11. The third-order valence-corrected chi connectivity index (χ3v) is 3.01. The van der Waals surface area contributed by atoms with E-state index in [0.29, 0.717) is 17.9 Å². The molecule has 2 nitrogen and oxygen atoms in total. The lowest BCUT2D eigenvalue weighted by molar-refractivity contribution is 0.439. The number of ether oxygens (including phenoxy) is 1. The van der Waals surface area contributed by atoms with Crippen molar-refractivity contribution in [1.29, 1.82) is 0 Å². The highest BCUT2D eigenvalue weighted by Crippen LogP contribution is 2.29. The van der Waals surface area contributed by atoms with Gasteiger partial charge in [0.25, 0.3) is 0 Å². The van der Waals surface area contributed by atoms with E-state index >= 15 is 0 Å². The van der Waals surface area contributed by atoms with Gasteiger partial charge in [-0.25, -0.2) is 4.39 Å². The topological polar surface area (TPSA) is 35.2 Å². The van der Waals surface area contributed by atoms with Gasteiger partial charge in [0.05, 0.1) is 0 Å². The van der Waals surface area contributed by atoms with Gasteiger partial charge in [0.1, 0.15) is 5.75 Å². The summed E-state index contributed by atoms with van der Waals surface area (Å²) in [5.74, 6) is 0.442. The van der Waals surface area contributed by atoms with Crippen LogP contribution in [-0.2, 0) is 6.54 Å². The van der Waals surface area contributed by atoms with Gasteiger partial charge in [0, 0.05) is 11.0 Å². The van der Waals surface area contributed by atoms with Crippen LogP contribution in [0.25, 0.3) is 0 Å². The number of aryl methyl sites for hydroxylation is 1. The summed E-state index contributed by atoms with van der Waals surface area (Å²) in [4.78, 5) is 0. The lowest BCUT2D eigenvalue weighted by atomic mass is 10.2. The van der Waals surface area contributed by atoms with E-state index < -0.39 is 0 Å². The van der Waals surface area contributed by atoms with E-state index in [1.807, 2.05) is 6.07 Å². The van der Waals surface area contributed by atoms with Gasteiger partial charge >= 0.3 is 0 Å². The van der Waals surface area contributed by atoms with Crippen LogP contribution in [0, 0.1) is 12.7 Å². The number of nitrogens with two attached hydrogens (primary N) is 1. The molecule has 0 aliphatic carbocycles. The molecule has 0 saturated heterocycles. The molecule has 0 spiro atoms. The fraction of sp³-hybridized carbons (Fsp3) is 0.143. The van der Waals surface area contributed by atoms with Crippen molar-refractivity contribution in [2.24, 2.45) is 5.73 Å². The predicted molar refractivity (Wildman–Crippen MR) is 73.2 cm³/mol. The third kappa shape index (κ3) is 2.89. The van der Waals surface area contributed by atoms with Crippen LogP contribution in [0.3, 0.4) is 0 Å². The molecule has 2 aromatic carbocycles. The minimum Gasteiger partial charge on any atom is -0.454 e. The maximum absolute atomic E-state index is 13.8. The molecule has 0 aromatic heterocycles. The van der Waals surface area contributed by atoms with Crippen LogP contribution in [0.4, 0.5) is 4.39 Å². The zero-order valence-corrected chi connectivity index (χ0v) is 11.5. The normalized spacial score (nSPS) is 10.4. The molecule has 2 aromatic rings. The first-order valence-electron chi connectivity index (χ1n) is 5.52. The first kappa shape index (κ1) is 13.1. The smallest absolute Gasteiger partial charge is 0.168 e. The molecule has 0 aliphatic rings. The Kier molecular flexibility index (Phi) is 3.99. The highest BCUT2D eigenvalue weighted by molar-refractivity contribution is 9.10. The van der Waals surface area contributed by atoms with Crippen LogP contribution in [-0.4, -0.2) is 0 Å². The Bertz CT molecular complexity index is 572. The number of hydrogen-bond donors (Lipinski definition) is 1. The van der Waals surface area contributed by atoms with Crippen LogP contribution in [0.2, 0.25) is 0 Å². The first-order valence-corrected chi connectivity index (χ1v) is 6.32. The molecule has 0 heterocycles. The highest BCUT2D eigenvalue weighted by Gasteiger charge is 2.08. The maximum Gasteiger partial charge on any atom is 0.168 e. The summed E-state index contributed by atoms with van der Waals surface area (Å²) in [6, 6.07) is 10.5. The van der Waals surface area contributed by atoms with Crippen LogP contribution in [0.1, 0.15) is 11.1 Å². The molecule has 0 saturated carbocycles. The fourth-order valence-corrected chi connectivity index (χ4v) is 2.14. The maximum atomic E-state index is 13.8. The molecule has 0 aliphatic heterocycles. The zero-order valence-electron chi connectivity index (χ0n) is 9.91. The summed E-state index contributed by atoms with van der Waals surface area (Å²) in [5.41, 5.74) is 7.07. The lowest BCUT2D eigenvalue weighted by Crippen LogP contribution is -1.97. The summed E-state index contributed by atoms with van der Waals surface area (Å²) in [5, 5.41) is 0. The van der Waals surface area contributed by atoms with Crippen LogP contribution >= 0.6 is 15.9 Å². The molecule has 0 atom stereocenters. The monoisotopic (exact) mass is 309 g/mol. The number of benzene rings is 2. The van der Waals surface area contributed by atoms with Gasteiger partial charge in [-0.2, -0.15) is 0 Å². The fourth-order valence-electron chi connectivity index (χ4n) is 1.62. The van der Waals surface area contributed by atoms with Gasteiger partial charge in [-0.15, -0.1) is 0 Å². The van der Waals surface area contributed by atoms with E-state index in [1.165, 1.54) is 0 Å². The van der Waals surface area contributed by atoms with Crippen molar-refractivity contribution in [3.05, 3.63) is 57.8 Å². The van der Waals surface area contributed by atoms with Crippen LogP contribution in [0.5, 0.6) is 11.5 Å². The van der Waals surface area contributed by atoms with Crippen molar-refractivity contribution in [2.75, 3.05) is 0 Å². The van der Waals surface area contributed by atoms with E-state index in [2.05, 4.69) is 15.9 Å². The molecule has 4 heteroatoms. The van der Waals surface area contributed by atoms with Crippen molar-refractivity contribution >= 4 is 15.9 Å². The first-order chi connectivity index (χ1) is 8.60. The van der Waals surface area contributed by atoms with Crippen LogP contribution in [0.15, 0.2) is 40.9 Å². The van der Waals surface area contributed by atoms with Crippen LogP contribution < -0.4 is 10.5 Å². The summed E-state index contributed by atoms with van der Waals surface area (Å²) >= 11 is 3.37. The van der Waals surface area contributed by atoms with E-state index in [0.717, 1.165) is 10.0 Å². The molecule has 94 valence electrons. The number of rotatable bonds is 3. The molecule has 0 fully saturated rings. The highest BCUT2D eigenvalue weighted by atomic mass is 79.9. The Hall–Kier alpha value is -1.39. The Morgan fingerprint density at radius 2 is 2.06 bits per heavy atom. The summed E-state index contributed by atoms with van der Waals surface area (Å²) < 4.78 is 20.2. The second-order valence-corrected chi connectivity index (χ2v) is 4.90. The third-order valence-electron chi connectivity index (χ3n) is 2.55. The minimum absolute atomic E-state index is 0.219. The molecular formula is C14H13BrFNO. The van der Waals surface area contributed by atoms with Gasteiger partial charge in [0.2, 0.25) is 0 Å². The second-order valence-electron chi connectivity index (χ2n) is 3.99. The zero-order chi connectivity index (χ0) is 13.1. The molecule has 18 heavy (non-hydrogen) atoms.